The van der Waals surface area contributed by atoms with Gasteiger partial charge in [-0.15, -0.1) is 0 Å². The van der Waals surface area contributed by atoms with Crippen molar-refractivity contribution in [3.05, 3.63) is 52.8 Å². The first-order chi connectivity index (χ1) is 10.2. The van der Waals surface area contributed by atoms with Gasteiger partial charge >= 0.3 is 0 Å². The zero-order chi connectivity index (χ0) is 14.7. The van der Waals surface area contributed by atoms with Crippen molar-refractivity contribution in [1.82, 2.24) is 4.98 Å². The van der Waals surface area contributed by atoms with E-state index in [0.717, 1.165) is 18.8 Å². The van der Waals surface area contributed by atoms with Crippen LogP contribution in [0.5, 0.6) is 0 Å². The Labute approximate surface area is 132 Å². The Hall–Kier alpha value is -1.88. The van der Waals surface area contributed by atoms with Crippen LogP contribution in [0, 0.1) is 0 Å². The van der Waals surface area contributed by atoms with E-state index in [9.17, 15) is 4.79 Å². The lowest BCUT2D eigenvalue weighted by Gasteiger charge is -2.17. The Balaban J connectivity index is 1.70. The van der Waals surface area contributed by atoms with Crippen LogP contribution in [0.4, 0.5) is 11.4 Å². The number of hydrogen-bond donors (Lipinski definition) is 1. The quantitative estimate of drug-likeness (QED) is 0.922. The van der Waals surface area contributed by atoms with Crippen molar-refractivity contribution >= 4 is 33.2 Å². The Morgan fingerprint density at radius 1 is 1.14 bits per heavy atom. The lowest BCUT2D eigenvalue weighted by Crippen LogP contribution is -2.18. The second kappa shape index (κ2) is 6.26. The summed E-state index contributed by atoms with van der Waals surface area (Å²) >= 11 is 3.34. The predicted molar refractivity (Wildman–Crippen MR) is 87.8 cm³/mol. The van der Waals surface area contributed by atoms with Crippen molar-refractivity contribution in [3.8, 4) is 0 Å². The van der Waals surface area contributed by atoms with Gasteiger partial charge in [0.25, 0.3) is 5.91 Å². The molecule has 3 rings (SSSR count). The van der Waals surface area contributed by atoms with Crippen LogP contribution in [0.2, 0.25) is 0 Å². The molecule has 108 valence electrons. The first-order valence-electron chi connectivity index (χ1n) is 7.01. The summed E-state index contributed by atoms with van der Waals surface area (Å²) in [6, 6.07) is 11.6. The molecule has 0 unspecified atom stereocenters. The third-order valence-corrected chi connectivity index (χ3v) is 4.21. The first-order valence-corrected chi connectivity index (χ1v) is 7.80. The van der Waals surface area contributed by atoms with Gasteiger partial charge in [0.15, 0.2) is 0 Å². The van der Waals surface area contributed by atoms with E-state index in [0.29, 0.717) is 10.2 Å². The molecule has 1 aromatic carbocycles. The highest BCUT2D eigenvalue weighted by Gasteiger charge is 2.13. The van der Waals surface area contributed by atoms with Gasteiger partial charge in [-0.3, -0.25) is 4.79 Å². The summed E-state index contributed by atoms with van der Waals surface area (Å²) in [7, 11) is 0. The monoisotopic (exact) mass is 345 g/mol. The average Bonchev–Trinajstić information content (AvgIpc) is 3.02. The molecule has 0 bridgehead atoms. The molecule has 0 spiro atoms. The second-order valence-corrected chi connectivity index (χ2v) is 5.88. The molecule has 0 aliphatic carbocycles. The summed E-state index contributed by atoms with van der Waals surface area (Å²) in [6.45, 7) is 2.24. The molecule has 1 N–H and O–H groups in total. The largest absolute Gasteiger partial charge is 0.372 e. The molecule has 4 nitrogen and oxygen atoms in total. The van der Waals surface area contributed by atoms with Crippen LogP contribution in [-0.2, 0) is 0 Å². The number of halogens is 1. The highest BCUT2D eigenvalue weighted by Crippen LogP contribution is 2.22. The number of pyridine rings is 1. The third-order valence-electron chi connectivity index (χ3n) is 3.57. The maximum atomic E-state index is 12.2. The van der Waals surface area contributed by atoms with Crippen LogP contribution < -0.4 is 10.2 Å². The molecule has 5 heteroatoms. The molecule has 2 aromatic rings. The van der Waals surface area contributed by atoms with Crippen LogP contribution in [-0.4, -0.2) is 24.0 Å². The highest BCUT2D eigenvalue weighted by atomic mass is 79.9. The topological polar surface area (TPSA) is 45.2 Å². The molecular formula is C16H16BrN3O. The summed E-state index contributed by atoms with van der Waals surface area (Å²) in [5.74, 6) is -0.212. The first kappa shape index (κ1) is 14.1. The Morgan fingerprint density at radius 3 is 2.52 bits per heavy atom. The van der Waals surface area contributed by atoms with Crippen LogP contribution in [0.15, 0.2) is 47.1 Å². The van der Waals surface area contributed by atoms with Gasteiger partial charge in [0.1, 0.15) is 5.69 Å². The van der Waals surface area contributed by atoms with Crippen LogP contribution in [0.1, 0.15) is 23.3 Å². The third kappa shape index (κ3) is 3.24. The van der Waals surface area contributed by atoms with Gasteiger partial charge in [0.2, 0.25) is 0 Å². The number of rotatable bonds is 3. The minimum atomic E-state index is -0.212. The number of amides is 1. The van der Waals surface area contributed by atoms with E-state index in [4.69, 9.17) is 0 Å². The molecule has 2 heterocycles. The van der Waals surface area contributed by atoms with Crippen molar-refractivity contribution in [2.75, 3.05) is 23.3 Å². The highest BCUT2D eigenvalue weighted by molar-refractivity contribution is 9.10. The smallest absolute Gasteiger partial charge is 0.275 e. The minimum Gasteiger partial charge on any atom is -0.372 e. The van der Waals surface area contributed by atoms with Gasteiger partial charge in [-0.2, -0.15) is 0 Å². The van der Waals surface area contributed by atoms with Crippen LogP contribution in [0.25, 0.3) is 0 Å². The molecule has 0 atom stereocenters. The van der Waals surface area contributed by atoms with Gasteiger partial charge in [0, 0.05) is 35.1 Å². The van der Waals surface area contributed by atoms with Gasteiger partial charge in [-0.1, -0.05) is 0 Å². The van der Waals surface area contributed by atoms with Gasteiger partial charge in [0.05, 0.1) is 0 Å². The summed E-state index contributed by atoms with van der Waals surface area (Å²) < 4.78 is 0.691. The molecule has 1 aromatic heterocycles. The summed E-state index contributed by atoms with van der Waals surface area (Å²) in [5.41, 5.74) is 2.38. The van der Waals surface area contributed by atoms with Crippen LogP contribution in [0.3, 0.4) is 0 Å². The number of carbonyl (C=O) groups is 1. The molecule has 0 radical (unpaired) electrons. The normalized spacial score (nSPS) is 14.2. The minimum absolute atomic E-state index is 0.212. The van der Waals surface area contributed by atoms with Crippen molar-refractivity contribution in [3.63, 3.8) is 0 Å². The van der Waals surface area contributed by atoms with Crippen molar-refractivity contribution in [2.45, 2.75) is 12.8 Å². The van der Waals surface area contributed by atoms with E-state index in [1.165, 1.54) is 18.5 Å². The van der Waals surface area contributed by atoms with E-state index in [1.54, 1.807) is 18.3 Å². The molecule has 1 aliphatic rings. The van der Waals surface area contributed by atoms with Crippen molar-refractivity contribution in [1.29, 1.82) is 0 Å². The molecule has 1 fully saturated rings. The lowest BCUT2D eigenvalue weighted by molar-refractivity contribution is 0.102. The zero-order valence-electron chi connectivity index (χ0n) is 11.6. The number of aromatic nitrogens is 1. The maximum absolute atomic E-state index is 12.2. The summed E-state index contributed by atoms with van der Waals surface area (Å²) in [4.78, 5) is 18.6. The number of anilines is 2. The SMILES string of the molecule is O=C(Nc1ccc(N2CCCC2)cc1)c1ncccc1Br. The Morgan fingerprint density at radius 2 is 1.86 bits per heavy atom. The Kier molecular flexibility index (Phi) is 4.20. The second-order valence-electron chi connectivity index (χ2n) is 5.03. The fraction of sp³-hybridized carbons (Fsp3) is 0.250. The van der Waals surface area contributed by atoms with E-state index in [2.05, 4.69) is 31.1 Å². The fourth-order valence-electron chi connectivity index (χ4n) is 2.47. The molecule has 1 saturated heterocycles. The van der Waals surface area contributed by atoms with Crippen LogP contribution >= 0.6 is 15.9 Å². The standard InChI is InChI=1S/C16H16BrN3O/c17-14-4-3-9-18-15(14)16(21)19-12-5-7-13(8-6-12)20-10-1-2-11-20/h3-9H,1-2,10-11H2,(H,19,21). The molecule has 1 amide bonds. The molecule has 21 heavy (non-hydrogen) atoms. The molecular weight excluding hydrogens is 330 g/mol. The van der Waals surface area contributed by atoms with Gasteiger partial charge in [-0.05, 0) is 65.2 Å². The van der Waals surface area contributed by atoms with Gasteiger partial charge in [-0.25, -0.2) is 4.98 Å². The van der Waals surface area contributed by atoms with Gasteiger partial charge < -0.3 is 10.2 Å². The summed E-state index contributed by atoms with van der Waals surface area (Å²) in [6.07, 6.45) is 4.12. The number of benzene rings is 1. The van der Waals surface area contributed by atoms with Crippen molar-refractivity contribution in [2.24, 2.45) is 0 Å². The zero-order valence-corrected chi connectivity index (χ0v) is 13.1. The summed E-state index contributed by atoms with van der Waals surface area (Å²) in [5, 5.41) is 2.87. The lowest BCUT2D eigenvalue weighted by atomic mass is 10.2. The Bertz CT molecular complexity index is 636. The maximum Gasteiger partial charge on any atom is 0.275 e. The van der Waals surface area contributed by atoms with E-state index < -0.39 is 0 Å². The average molecular weight is 346 g/mol. The molecule has 1 aliphatic heterocycles. The number of hydrogen-bond acceptors (Lipinski definition) is 3. The van der Waals surface area contributed by atoms with E-state index in [-0.39, 0.29) is 5.91 Å². The van der Waals surface area contributed by atoms with E-state index >= 15 is 0 Å². The number of carbonyl (C=O) groups excluding carboxylic acids is 1. The van der Waals surface area contributed by atoms with Crippen molar-refractivity contribution < 1.29 is 4.79 Å². The number of nitrogens with zero attached hydrogens (tertiary/aromatic N) is 2. The predicted octanol–water partition coefficient (Wildman–Crippen LogP) is 3.70. The number of nitrogens with one attached hydrogen (secondary N) is 1. The molecule has 0 saturated carbocycles. The van der Waals surface area contributed by atoms with E-state index in [1.807, 2.05) is 24.3 Å². The fourth-order valence-corrected chi connectivity index (χ4v) is 2.91.